The van der Waals surface area contributed by atoms with Gasteiger partial charge >= 0.3 is 0 Å². The molecule has 2 aromatic rings. The molecule has 5 heteroatoms. The summed E-state index contributed by atoms with van der Waals surface area (Å²) < 4.78 is 10.3. The summed E-state index contributed by atoms with van der Waals surface area (Å²) in [6.07, 6.45) is 1.56. The fraction of sp³-hybridized carbons (Fsp3) is 0.167. The van der Waals surface area contributed by atoms with Crippen molar-refractivity contribution in [1.82, 2.24) is 0 Å². The van der Waals surface area contributed by atoms with Crippen LogP contribution in [0.2, 0.25) is 10.0 Å². The Morgan fingerprint density at radius 1 is 1.24 bits per heavy atom. The van der Waals surface area contributed by atoms with E-state index in [-0.39, 0.29) is 0 Å². The third kappa shape index (κ3) is 2.54. The van der Waals surface area contributed by atoms with E-state index in [0.717, 1.165) is 0 Å². The second-order valence-corrected chi connectivity index (χ2v) is 4.64. The van der Waals surface area contributed by atoms with E-state index >= 15 is 0 Å². The molecule has 2 rings (SSSR count). The number of alkyl halides is 1. The van der Waals surface area contributed by atoms with Crippen LogP contribution >= 0.6 is 34.8 Å². The zero-order valence-electron chi connectivity index (χ0n) is 8.91. The lowest BCUT2D eigenvalue weighted by atomic mass is 10.1. The standard InChI is InChI=1S/C12H9Cl3O2/c1-16-11-6-8(13)7(5-9(11)14)12(15)10-3-2-4-17-10/h2-6,12H,1H3. The number of ether oxygens (including phenoxy) is 1. The number of furan rings is 1. The van der Waals surface area contributed by atoms with Crippen LogP contribution in [0, 0.1) is 0 Å². The first-order valence-corrected chi connectivity index (χ1v) is 6.03. The van der Waals surface area contributed by atoms with Crippen molar-refractivity contribution in [1.29, 1.82) is 0 Å². The van der Waals surface area contributed by atoms with E-state index < -0.39 is 5.38 Å². The maximum atomic E-state index is 6.27. The minimum Gasteiger partial charge on any atom is -0.495 e. The van der Waals surface area contributed by atoms with Crippen molar-refractivity contribution in [3.8, 4) is 5.75 Å². The molecule has 0 saturated heterocycles. The van der Waals surface area contributed by atoms with E-state index in [1.54, 1.807) is 30.5 Å². The number of hydrogen-bond donors (Lipinski definition) is 0. The monoisotopic (exact) mass is 290 g/mol. The molecular formula is C12H9Cl3O2. The van der Waals surface area contributed by atoms with Gasteiger partial charge in [-0.05, 0) is 23.8 Å². The van der Waals surface area contributed by atoms with Gasteiger partial charge in [0.05, 0.1) is 18.4 Å². The summed E-state index contributed by atoms with van der Waals surface area (Å²) in [6.45, 7) is 0. The first-order chi connectivity index (χ1) is 8.13. The third-order valence-electron chi connectivity index (χ3n) is 2.34. The lowest BCUT2D eigenvalue weighted by Gasteiger charge is -2.12. The fourth-order valence-electron chi connectivity index (χ4n) is 1.48. The summed E-state index contributed by atoms with van der Waals surface area (Å²) in [6, 6.07) is 6.87. The van der Waals surface area contributed by atoms with Crippen LogP contribution in [0.4, 0.5) is 0 Å². The summed E-state index contributed by atoms with van der Waals surface area (Å²) in [5.41, 5.74) is 0.689. The van der Waals surface area contributed by atoms with Gasteiger partial charge in [0.1, 0.15) is 16.9 Å². The van der Waals surface area contributed by atoms with E-state index in [9.17, 15) is 0 Å². The second kappa shape index (κ2) is 5.21. The molecule has 0 aliphatic rings. The molecule has 0 fully saturated rings. The molecule has 0 bridgehead atoms. The first kappa shape index (κ1) is 12.6. The molecule has 2 nitrogen and oxygen atoms in total. The van der Waals surface area contributed by atoms with Gasteiger partial charge in [0, 0.05) is 11.1 Å². The Hall–Kier alpha value is -0.830. The van der Waals surface area contributed by atoms with Crippen LogP contribution in [0.25, 0.3) is 0 Å². The van der Waals surface area contributed by atoms with Gasteiger partial charge in [-0.25, -0.2) is 0 Å². The first-order valence-electron chi connectivity index (χ1n) is 4.84. The van der Waals surface area contributed by atoms with Crippen molar-refractivity contribution in [2.75, 3.05) is 7.11 Å². The van der Waals surface area contributed by atoms with Gasteiger partial charge in [-0.1, -0.05) is 23.2 Å². The Kier molecular flexibility index (Phi) is 3.87. The van der Waals surface area contributed by atoms with Crippen LogP contribution in [0.5, 0.6) is 5.75 Å². The number of rotatable bonds is 3. The van der Waals surface area contributed by atoms with Crippen LogP contribution in [0.1, 0.15) is 16.7 Å². The third-order valence-corrected chi connectivity index (χ3v) is 3.41. The van der Waals surface area contributed by atoms with E-state index in [1.165, 1.54) is 7.11 Å². The number of halogens is 3. The summed E-state index contributed by atoms with van der Waals surface area (Å²) in [5, 5.41) is 0.479. The van der Waals surface area contributed by atoms with E-state index in [4.69, 9.17) is 44.0 Å². The Balaban J connectivity index is 2.42. The zero-order chi connectivity index (χ0) is 12.4. The molecule has 1 aromatic heterocycles. The average Bonchev–Trinajstić information content (AvgIpc) is 2.84. The quantitative estimate of drug-likeness (QED) is 0.749. The Bertz CT molecular complexity index is 509. The Labute approximate surface area is 114 Å². The minimum absolute atomic E-state index is 0.462. The summed E-state index contributed by atoms with van der Waals surface area (Å²) >= 11 is 18.4. The maximum Gasteiger partial charge on any atom is 0.138 e. The topological polar surface area (TPSA) is 22.4 Å². The Morgan fingerprint density at radius 3 is 2.59 bits per heavy atom. The molecule has 0 N–H and O–H groups in total. The molecule has 0 amide bonds. The lowest BCUT2D eigenvalue weighted by Crippen LogP contribution is -1.94. The summed E-state index contributed by atoms with van der Waals surface area (Å²) in [4.78, 5) is 0. The molecule has 0 aliphatic heterocycles. The molecule has 1 aromatic carbocycles. The number of hydrogen-bond acceptors (Lipinski definition) is 2. The molecule has 90 valence electrons. The van der Waals surface area contributed by atoms with Crippen LogP contribution in [0.15, 0.2) is 34.9 Å². The average molecular weight is 292 g/mol. The van der Waals surface area contributed by atoms with Crippen molar-refractivity contribution in [3.05, 3.63) is 51.9 Å². The van der Waals surface area contributed by atoms with Gasteiger partial charge in [0.15, 0.2) is 0 Å². The molecular weight excluding hydrogens is 282 g/mol. The molecule has 1 atom stereocenters. The SMILES string of the molecule is COc1cc(Cl)c(C(Cl)c2ccco2)cc1Cl. The smallest absolute Gasteiger partial charge is 0.138 e. The Morgan fingerprint density at radius 2 is 2.00 bits per heavy atom. The van der Waals surface area contributed by atoms with Crippen LogP contribution in [-0.2, 0) is 0 Å². The summed E-state index contributed by atoms with van der Waals surface area (Å²) in [5.74, 6) is 1.14. The minimum atomic E-state index is -0.471. The highest BCUT2D eigenvalue weighted by molar-refractivity contribution is 6.36. The van der Waals surface area contributed by atoms with Crippen LogP contribution < -0.4 is 4.74 Å². The van der Waals surface area contributed by atoms with Crippen molar-refractivity contribution in [2.45, 2.75) is 5.38 Å². The molecule has 1 unspecified atom stereocenters. The van der Waals surface area contributed by atoms with Crippen molar-refractivity contribution in [2.24, 2.45) is 0 Å². The summed E-state index contributed by atoms with van der Waals surface area (Å²) in [7, 11) is 1.53. The van der Waals surface area contributed by atoms with Gasteiger partial charge in [-0.15, -0.1) is 11.6 Å². The van der Waals surface area contributed by atoms with Gasteiger partial charge in [-0.3, -0.25) is 0 Å². The number of methoxy groups -OCH3 is 1. The highest BCUT2D eigenvalue weighted by Gasteiger charge is 2.19. The number of benzene rings is 1. The van der Waals surface area contributed by atoms with Crippen LogP contribution in [0.3, 0.4) is 0 Å². The van der Waals surface area contributed by atoms with Crippen molar-refractivity contribution < 1.29 is 9.15 Å². The lowest BCUT2D eigenvalue weighted by molar-refractivity contribution is 0.415. The van der Waals surface area contributed by atoms with E-state index in [1.807, 2.05) is 0 Å². The fourth-order valence-corrected chi connectivity index (χ4v) is 2.36. The highest BCUT2D eigenvalue weighted by atomic mass is 35.5. The predicted molar refractivity (Wildman–Crippen MR) is 69.4 cm³/mol. The van der Waals surface area contributed by atoms with Gasteiger partial charge in [0.2, 0.25) is 0 Å². The molecule has 0 radical (unpaired) electrons. The predicted octanol–water partition coefficient (Wildman–Crippen LogP) is 4.92. The van der Waals surface area contributed by atoms with Crippen molar-refractivity contribution in [3.63, 3.8) is 0 Å². The van der Waals surface area contributed by atoms with Crippen LogP contribution in [-0.4, -0.2) is 7.11 Å². The highest BCUT2D eigenvalue weighted by Crippen LogP contribution is 2.39. The van der Waals surface area contributed by atoms with Gasteiger partial charge < -0.3 is 9.15 Å². The normalized spacial score (nSPS) is 12.5. The molecule has 17 heavy (non-hydrogen) atoms. The molecule has 0 aliphatic carbocycles. The molecule has 1 heterocycles. The maximum absolute atomic E-state index is 6.27. The molecule has 0 saturated carbocycles. The second-order valence-electron chi connectivity index (χ2n) is 3.39. The van der Waals surface area contributed by atoms with Gasteiger partial charge in [0.25, 0.3) is 0 Å². The largest absolute Gasteiger partial charge is 0.495 e. The van der Waals surface area contributed by atoms with Gasteiger partial charge in [-0.2, -0.15) is 0 Å². The zero-order valence-corrected chi connectivity index (χ0v) is 11.2. The van der Waals surface area contributed by atoms with Crippen molar-refractivity contribution >= 4 is 34.8 Å². The molecule has 0 spiro atoms. The van der Waals surface area contributed by atoms with E-state index in [2.05, 4.69) is 0 Å². The van der Waals surface area contributed by atoms with E-state index in [0.29, 0.717) is 27.1 Å².